The fraction of sp³-hybridized carbons (Fsp3) is 0.357. The predicted molar refractivity (Wildman–Crippen MR) is 88.2 cm³/mol. The lowest BCUT2D eigenvalue weighted by Gasteiger charge is -2.14. The van der Waals surface area contributed by atoms with Crippen LogP contribution in [0.15, 0.2) is 17.5 Å². The minimum Gasteiger partial charge on any atom is -0.312 e. The molecule has 3 rings (SSSR count). The number of fused-ring (bicyclic) bond motifs is 1. The highest BCUT2D eigenvalue weighted by atomic mass is 35.5. The molecule has 0 radical (unpaired) electrons. The normalized spacial score (nSPS) is 13.2. The number of aryl methyl sites for hydroxylation is 2. The Kier molecular flexibility index (Phi) is 3.86. The number of thiophene rings is 2. The van der Waals surface area contributed by atoms with Crippen molar-refractivity contribution in [2.75, 3.05) is 7.05 Å². The van der Waals surface area contributed by atoms with Crippen molar-refractivity contribution in [3.63, 3.8) is 0 Å². The standard InChI is InChI=1S/C14H16ClN3S2/c1-8-9(14(15)18(3)17-8)6-10(16-2)12-7-13-11(20-12)4-5-19-13/h4-5,7,10,16H,6H2,1-3H3. The minimum atomic E-state index is 0.278. The summed E-state index contributed by atoms with van der Waals surface area (Å²) in [5.41, 5.74) is 2.14. The highest BCUT2D eigenvalue weighted by Crippen LogP contribution is 2.35. The van der Waals surface area contributed by atoms with Crippen LogP contribution in [0.5, 0.6) is 0 Å². The van der Waals surface area contributed by atoms with E-state index in [0.29, 0.717) is 0 Å². The second-order valence-electron chi connectivity index (χ2n) is 4.82. The van der Waals surface area contributed by atoms with Crippen molar-refractivity contribution in [2.24, 2.45) is 7.05 Å². The van der Waals surface area contributed by atoms with Crippen molar-refractivity contribution >= 4 is 43.7 Å². The van der Waals surface area contributed by atoms with Crippen LogP contribution >= 0.6 is 34.3 Å². The van der Waals surface area contributed by atoms with Crippen molar-refractivity contribution in [1.82, 2.24) is 15.1 Å². The summed E-state index contributed by atoms with van der Waals surface area (Å²) < 4.78 is 4.46. The van der Waals surface area contributed by atoms with Crippen LogP contribution in [-0.4, -0.2) is 16.8 Å². The molecule has 0 fully saturated rings. The largest absolute Gasteiger partial charge is 0.312 e. The lowest BCUT2D eigenvalue weighted by Crippen LogP contribution is -2.18. The Morgan fingerprint density at radius 2 is 2.25 bits per heavy atom. The summed E-state index contributed by atoms with van der Waals surface area (Å²) in [5.74, 6) is 0. The van der Waals surface area contributed by atoms with Crippen LogP contribution in [0.4, 0.5) is 0 Å². The second-order valence-corrected chi connectivity index (χ2v) is 7.24. The van der Waals surface area contributed by atoms with Gasteiger partial charge in [-0.25, -0.2) is 0 Å². The molecule has 0 aliphatic carbocycles. The van der Waals surface area contributed by atoms with Gasteiger partial charge < -0.3 is 5.32 Å². The molecule has 3 aromatic rings. The van der Waals surface area contributed by atoms with Gasteiger partial charge >= 0.3 is 0 Å². The van der Waals surface area contributed by atoms with E-state index in [2.05, 4.69) is 27.9 Å². The van der Waals surface area contributed by atoms with Crippen LogP contribution in [0.25, 0.3) is 9.40 Å². The Bertz CT molecular complexity index is 712. The molecule has 0 saturated carbocycles. The van der Waals surface area contributed by atoms with Gasteiger partial charge in [-0.3, -0.25) is 4.68 Å². The average molecular weight is 326 g/mol. The van der Waals surface area contributed by atoms with Crippen LogP contribution in [-0.2, 0) is 13.5 Å². The Hall–Kier alpha value is -0.880. The van der Waals surface area contributed by atoms with E-state index in [1.807, 2.05) is 32.4 Å². The number of likely N-dealkylation sites (N-methyl/N-ethyl adjacent to an activating group) is 1. The first-order valence-corrected chi connectivity index (χ1v) is 8.49. The zero-order chi connectivity index (χ0) is 14.3. The zero-order valence-corrected chi connectivity index (χ0v) is 14.0. The maximum atomic E-state index is 6.34. The molecule has 3 nitrogen and oxygen atoms in total. The Morgan fingerprint density at radius 1 is 1.45 bits per heavy atom. The SMILES string of the molecule is CNC(Cc1c(C)nn(C)c1Cl)c1cc2sccc2s1. The Morgan fingerprint density at radius 3 is 2.85 bits per heavy atom. The Balaban J connectivity index is 1.92. The van der Waals surface area contributed by atoms with Gasteiger partial charge in [0.15, 0.2) is 0 Å². The van der Waals surface area contributed by atoms with Crippen LogP contribution in [0, 0.1) is 6.92 Å². The van der Waals surface area contributed by atoms with Crippen molar-refractivity contribution in [3.8, 4) is 0 Å². The van der Waals surface area contributed by atoms with E-state index in [1.54, 1.807) is 16.0 Å². The van der Waals surface area contributed by atoms with E-state index in [0.717, 1.165) is 22.8 Å². The zero-order valence-electron chi connectivity index (χ0n) is 11.6. The molecule has 0 spiro atoms. The van der Waals surface area contributed by atoms with E-state index in [1.165, 1.54) is 14.3 Å². The van der Waals surface area contributed by atoms with Gasteiger partial charge in [-0.2, -0.15) is 5.10 Å². The van der Waals surface area contributed by atoms with E-state index in [-0.39, 0.29) is 6.04 Å². The van der Waals surface area contributed by atoms with Crippen LogP contribution in [0.1, 0.15) is 22.2 Å². The highest BCUT2D eigenvalue weighted by molar-refractivity contribution is 7.26. The third-order valence-corrected chi connectivity index (χ3v) is 6.21. The number of aromatic nitrogens is 2. The van der Waals surface area contributed by atoms with Crippen molar-refractivity contribution in [3.05, 3.63) is 38.8 Å². The molecule has 3 heterocycles. The summed E-state index contributed by atoms with van der Waals surface area (Å²) >= 11 is 9.98. The van der Waals surface area contributed by atoms with Crippen LogP contribution < -0.4 is 5.32 Å². The van der Waals surface area contributed by atoms with Crippen LogP contribution in [0.3, 0.4) is 0 Å². The van der Waals surface area contributed by atoms with Crippen molar-refractivity contribution < 1.29 is 0 Å². The molecule has 0 amide bonds. The molecule has 0 aliphatic heterocycles. The smallest absolute Gasteiger partial charge is 0.130 e. The number of rotatable bonds is 4. The number of halogens is 1. The summed E-state index contributed by atoms with van der Waals surface area (Å²) in [6.45, 7) is 2.01. The molecule has 1 unspecified atom stereocenters. The number of hydrogen-bond donors (Lipinski definition) is 1. The lowest BCUT2D eigenvalue weighted by molar-refractivity contribution is 0.601. The van der Waals surface area contributed by atoms with E-state index in [9.17, 15) is 0 Å². The van der Waals surface area contributed by atoms with Gasteiger partial charge in [-0.05, 0) is 37.9 Å². The van der Waals surface area contributed by atoms with E-state index >= 15 is 0 Å². The molecule has 0 aromatic carbocycles. The fourth-order valence-corrected chi connectivity index (χ4v) is 4.89. The molecule has 1 atom stereocenters. The van der Waals surface area contributed by atoms with E-state index in [4.69, 9.17) is 11.6 Å². The maximum Gasteiger partial charge on any atom is 0.130 e. The summed E-state index contributed by atoms with van der Waals surface area (Å²) in [4.78, 5) is 1.36. The molecule has 0 saturated heterocycles. The van der Waals surface area contributed by atoms with Gasteiger partial charge in [0.2, 0.25) is 0 Å². The summed E-state index contributed by atoms with van der Waals surface area (Å²) in [6, 6.07) is 4.74. The molecule has 1 N–H and O–H groups in total. The highest BCUT2D eigenvalue weighted by Gasteiger charge is 2.19. The molecule has 106 valence electrons. The molecule has 3 aromatic heterocycles. The fourth-order valence-electron chi connectivity index (χ4n) is 2.41. The quantitative estimate of drug-likeness (QED) is 0.780. The first kappa shape index (κ1) is 14.1. The van der Waals surface area contributed by atoms with E-state index < -0.39 is 0 Å². The number of hydrogen-bond acceptors (Lipinski definition) is 4. The molecule has 6 heteroatoms. The summed E-state index contributed by atoms with van der Waals surface area (Å²) in [6.07, 6.45) is 0.864. The molecule has 20 heavy (non-hydrogen) atoms. The summed E-state index contributed by atoms with van der Waals surface area (Å²) in [7, 11) is 3.88. The number of nitrogens with zero attached hydrogens (tertiary/aromatic N) is 2. The van der Waals surface area contributed by atoms with Crippen molar-refractivity contribution in [1.29, 1.82) is 0 Å². The lowest BCUT2D eigenvalue weighted by atomic mass is 10.1. The topological polar surface area (TPSA) is 29.9 Å². The minimum absolute atomic E-state index is 0.278. The van der Waals surface area contributed by atoms with Crippen LogP contribution in [0.2, 0.25) is 5.15 Å². The van der Waals surface area contributed by atoms with Crippen molar-refractivity contribution in [2.45, 2.75) is 19.4 Å². The molecule has 0 bridgehead atoms. The Labute approximate surface area is 131 Å². The van der Waals surface area contributed by atoms with Gasteiger partial charge in [0.1, 0.15) is 5.15 Å². The van der Waals surface area contributed by atoms with Gasteiger partial charge in [0, 0.05) is 32.9 Å². The third-order valence-electron chi connectivity index (χ3n) is 3.53. The van der Waals surface area contributed by atoms with Gasteiger partial charge in [0.05, 0.1) is 5.69 Å². The molecular weight excluding hydrogens is 310 g/mol. The third kappa shape index (κ3) is 2.39. The predicted octanol–water partition coefficient (Wildman–Crippen LogP) is 4.16. The van der Waals surface area contributed by atoms with Gasteiger partial charge in [0.25, 0.3) is 0 Å². The first-order valence-electron chi connectivity index (χ1n) is 6.42. The monoisotopic (exact) mass is 325 g/mol. The molecular formula is C14H16ClN3S2. The number of nitrogens with one attached hydrogen (secondary N) is 1. The average Bonchev–Trinajstić information content (AvgIpc) is 3.04. The van der Waals surface area contributed by atoms with Gasteiger partial charge in [-0.1, -0.05) is 11.6 Å². The maximum absolute atomic E-state index is 6.34. The second kappa shape index (κ2) is 5.48. The summed E-state index contributed by atoms with van der Waals surface area (Å²) in [5, 5.41) is 10.7. The van der Waals surface area contributed by atoms with Gasteiger partial charge in [-0.15, -0.1) is 22.7 Å². The molecule has 0 aliphatic rings. The first-order chi connectivity index (χ1) is 9.60.